The summed E-state index contributed by atoms with van der Waals surface area (Å²) in [6.45, 7) is 2.05. The Morgan fingerprint density at radius 3 is 2.65 bits per heavy atom. The van der Waals surface area contributed by atoms with Crippen molar-refractivity contribution in [2.75, 3.05) is 5.88 Å². The van der Waals surface area contributed by atoms with E-state index >= 15 is 0 Å². The molecule has 0 unspecified atom stereocenters. The van der Waals surface area contributed by atoms with Gasteiger partial charge in [-0.15, -0.1) is 11.6 Å². The number of pyridine rings is 1. The molecule has 0 radical (unpaired) electrons. The highest BCUT2D eigenvalue weighted by Crippen LogP contribution is 2.23. The zero-order chi connectivity index (χ0) is 14.1. The van der Waals surface area contributed by atoms with Crippen molar-refractivity contribution in [3.05, 3.63) is 52.4 Å². The van der Waals surface area contributed by atoms with Crippen LogP contribution in [0.2, 0.25) is 0 Å². The molecule has 2 aromatic heterocycles. The number of aromatic nitrogens is 3. The molecule has 0 N–H and O–H groups in total. The topological polar surface area (TPSA) is 30.7 Å². The van der Waals surface area contributed by atoms with E-state index in [1.807, 2.05) is 43.5 Å². The molecule has 3 aromatic rings. The lowest BCUT2D eigenvalue weighted by Gasteiger charge is -2.08. The van der Waals surface area contributed by atoms with E-state index in [9.17, 15) is 0 Å². The van der Waals surface area contributed by atoms with E-state index in [0.717, 1.165) is 32.7 Å². The van der Waals surface area contributed by atoms with E-state index in [4.69, 9.17) is 16.6 Å². The number of alkyl halides is 1. The van der Waals surface area contributed by atoms with Crippen LogP contribution in [-0.2, 0) is 6.42 Å². The summed E-state index contributed by atoms with van der Waals surface area (Å²) < 4.78 is 3.13. The first kappa shape index (κ1) is 13.6. The lowest BCUT2D eigenvalue weighted by atomic mass is 10.2. The van der Waals surface area contributed by atoms with Crippen LogP contribution in [0, 0.1) is 6.92 Å². The molecular weight excluding hydrogens is 338 g/mol. The molecule has 0 bridgehead atoms. The minimum Gasteiger partial charge on any atom is -0.281 e. The number of hydrogen-bond donors (Lipinski definition) is 0. The van der Waals surface area contributed by atoms with Gasteiger partial charge in [0.15, 0.2) is 5.65 Å². The summed E-state index contributed by atoms with van der Waals surface area (Å²) in [5.74, 6) is 1.48. The molecule has 0 spiro atoms. The summed E-state index contributed by atoms with van der Waals surface area (Å²) in [5.41, 5.74) is 4.00. The van der Waals surface area contributed by atoms with E-state index in [1.54, 1.807) is 0 Å². The number of rotatable bonds is 3. The molecule has 0 aliphatic rings. The second-order valence-corrected chi connectivity index (χ2v) is 5.87. The normalized spacial score (nSPS) is 11.2. The Balaban J connectivity index is 2.28. The van der Waals surface area contributed by atoms with Crippen LogP contribution in [0.5, 0.6) is 0 Å². The lowest BCUT2D eigenvalue weighted by molar-refractivity contribution is 0.905. The van der Waals surface area contributed by atoms with Gasteiger partial charge in [-0.25, -0.2) is 9.97 Å². The summed E-state index contributed by atoms with van der Waals surface area (Å²) in [4.78, 5) is 9.19. The van der Waals surface area contributed by atoms with Crippen molar-refractivity contribution in [3.63, 3.8) is 0 Å². The minimum atomic E-state index is 0.541. The fourth-order valence-corrected chi connectivity index (χ4v) is 2.69. The Bertz CT molecular complexity index is 750. The van der Waals surface area contributed by atoms with Gasteiger partial charge in [0.1, 0.15) is 11.3 Å². The maximum Gasteiger partial charge on any atom is 0.164 e. The number of nitrogens with zero attached hydrogens (tertiary/aromatic N) is 3. The number of imidazole rings is 1. The van der Waals surface area contributed by atoms with Crippen LogP contribution in [0.4, 0.5) is 0 Å². The SMILES string of the molecule is Cc1ccnc2c1nc(CCCl)n2-c1ccc(Br)cc1. The molecule has 3 nitrogen and oxygen atoms in total. The standard InChI is InChI=1S/C15H13BrClN3/c1-10-7-9-18-15-14(10)19-13(6-8-17)20(15)12-4-2-11(16)3-5-12/h2-5,7,9H,6,8H2,1H3. The van der Waals surface area contributed by atoms with Crippen LogP contribution in [0.25, 0.3) is 16.9 Å². The molecule has 2 heterocycles. The molecular formula is C15H13BrClN3. The molecule has 0 aliphatic carbocycles. The monoisotopic (exact) mass is 349 g/mol. The van der Waals surface area contributed by atoms with Gasteiger partial charge in [-0.1, -0.05) is 15.9 Å². The molecule has 0 amide bonds. The average molecular weight is 351 g/mol. The fourth-order valence-electron chi connectivity index (χ4n) is 2.25. The maximum atomic E-state index is 5.91. The summed E-state index contributed by atoms with van der Waals surface area (Å²) in [6.07, 6.45) is 2.53. The number of fused-ring (bicyclic) bond motifs is 1. The first-order valence-corrected chi connectivity index (χ1v) is 7.68. The van der Waals surface area contributed by atoms with E-state index in [1.165, 1.54) is 0 Å². The van der Waals surface area contributed by atoms with Gasteiger partial charge in [-0.2, -0.15) is 0 Å². The van der Waals surface area contributed by atoms with E-state index < -0.39 is 0 Å². The summed E-state index contributed by atoms with van der Waals surface area (Å²) >= 11 is 9.36. The number of benzene rings is 1. The lowest BCUT2D eigenvalue weighted by Crippen LogP contribution is -2.02. The first-order chi connectivity index (χ1) is 9.70. The highest BCUT2D eigenvalue weighted by Gasteiger charge is 2.14. The van der Waals surface area contributed by atoms with Crippen molar-refractivity contribution in [2.24, 2.45) is 0 Å². The first-order valence-electron chi connectivity index (χ1n) is 6.35. The molecule has 0 saturated carbocycles. The fraction of sp³-hybridized carbons (Fsp3) is 0.200. The smallest absolute Gasteiger partial charge is 0.164 e. The number of hydrogen-bond acceptors (Lipinski definition) is 2. The highest BCUT2D eigenvalue weighted by atomic mass is 79.9. The van der Waals surface area contributed by atoms with Gasteiger partial charge in [0.05, 0.1) is 0 Å². The molecule has 0 atom stereocenters. The van der Waals surface area contributed by atoms with Crippen LogP contribution >= 0.6 is 27.5 Å². The Morgan fingerprint density at radius 1 is 1.20 bits per heavy atom. The van der Waals surface area contributed by atoms with Gasteiger partial charge in [0.25, 0.3) is 0 Å². The van der Waals surface area contributed by atoms with Gasteiger partial charge in [-0.3, -0.25) is 4.57 Å². The molecule has 102 valence electrons. The van der Waals surface area contributed by atoms with Crippen LogP contribution in [0.3, 0.4) is 0 Å². The second-order valence-electron chi connectivity index (χ2n) is 4.58. The van der Waals surface area contributed by atoms with Gasteiger partial charge in [0.2, 0.25) is 0 Å². The van der Waals surface area contributed by atoms with Crippen LogP contribution in [0.15, 0.2) is 41.0 Å². The number of halogens is 2. The van der Waals surface area contributed by atoms with Gasteiger partial charge >= 0.3 is 0 Å². The van der Waals surface area contributed by atoms with E-state index in [0.29, 0.717) is 12.3 Å². The molecule has 0 saturated heterocycles. The minimum absolute atomic E-state index is 0.541. The third kappa shape index (κ3) is 2.34. The van der Waals surface area contributed by atoms with Crippen molar-refractivity contribution in [3.8, 4) is 5.69 Å². The predicted octanol–water partition coefficient (Wildman–Crippen LogP) is 4.27. The summed E-state index contributed by atoms with van der Waals surface area (Å²) in [6, 6.07) is 10.1. The van der Waals surface area contributed by atoms with Gasteiger partial charge < -0.3 is 0 Å². The van der Waals surface area contributed by atoms with E-state index in [-0.39, 0.29) is 0 Å². The molecule has 3 rings (SSSR count). The summed E-state index contributed by atoms with van der Waals surface area (Å²) in [7, 11) is 0. The van der Waals surface area contributed by atoms with Crippen molar-refractivity contribution in [2.45, 2.75) is 13.3 Å². The molecule has 0 aliphatic heterocycles. The van der Waals surface area contributed by atoms with Crippen LogP contribution < -0.4 is 0 Å². The second kappa shape index (κ2) is 5.54. The average Bonchev–Trinajstić information content (AvgIpc) is 2.80. The van der Waals surface area contributed by atoms with Crippen molar-refractivity contribution >= 4 is 38.7 Å². The molecule has 1 aromatic carbocycles. The zero-order valence-corrected chi connectivity index (χ0v) is 13.3. The zero-order valence-electron chi connectivity index (χ0n) is 11.0. The number of aryl methyl sites for hydroxylation is 2. The van der Waals surface area contributed by atoms with Crippen molar-refractivity contribution in [1.29, 1.82) is 0 Å². The van der Waals surface area contributed by atoms with Crippen molar-refractivity contribution in [1.82, 2.24) is 14.5 Å². The van der Waals surface area contributed by atoms with Gasteiger partial charge in [0, 0.05) is 28.7 Å². The Morgan fingerprint density at radius 2 is 1.95 bits per heavy atom. The Kier molecular flexibility index (Phi) is 3.76. The third-order valence-corrected chi connectivity index (χ3v) is 3.94. The quantitative estimate of drug-likeness (QED) is 0.660. The Labute approximate surface area is 130 Å². The maximum absolute atomic E-state index is 5.91. The van der Waals surface area contributed by atoms with Crippen molar-refractivity contribution < 1.29 is 0 Å². The van der Waals surface area contributed by atoms with Gasteiger partial charge in [-0.05, 0) is 42.8 Å². The molecule has 0 fully saturated rings. The molecule has 20 heavy (non-hydrogen) atoms. The van der Waals surface area contributed by atoms with Crippen LogP contribution in [0.1, 0.15) is 11.4 Å². The van der Waals surface area contributed by atoms with E-state index in [2.05, 4.69) is 25.5 Å². The molecule has 5 heteroatoms. The largest absolute Gasteiger partial charge is 0.281 e. The predicted molar refractivity (Wildman–Crippen MR) is 85.7 cm³/mol. The Hall–Kier alpha value is -1.39. The van der Waals surface area contributed by atoms with Crippen LogP contribution in [-0.4, -0.2) is 20.4 Å². The highest BCUT2D eigenvalue weighted by molar-refractivity contribution is 9.10. The third-order valence-electron chi connectivity index (χ3n) is 3.22. The summed E-state index contributed by atoms with van der Waals surface area (Å²) in [5, 5.41) is 0.